The van der Waals surface area contributed by atoms with Crippen LogP contribution in [-0.2, 0) is 0 Å². The number of nitrogens with zero attached hydrogens (tertiary/aromatic N) is 1. The van der Waals surface area contributed by atoms with Crippen LogP contribution in [0.1, 0.15) is 34.1 Å². The van der Waals surface area contributed by atoms with Gasteiger partial charge in [-0.05, 0) is 33.2 Å². The molecule has 14 heavy (non-hydrogen) atoms. The van der Waals surface area contributed by atoms with Crippen LogP contribution in [0.3, 0.4) is 0 Å². The first-order chi connectivity index (χ1) is 6.28. The van der Waals surface area contributed by atoms with E-state index in [-0.39, 0.29) is 0 Å². The summed E-state index contributed by atoms with van der Waals surface area (Å²) in [5, 5.41) is 9.81. The van der Waals surface area contributed by atoms with Gasteiger partial charge in [0.2, 0.25) is 0 Å². The second kappa shape index (κ2) is 5.69. The maximum atomic E-state index is 9.81. The molecule has 3 N–H and O–H groups in total. The highest BCUT2D eigenvalue weighted by Gasteiger charge is 2.22. The van der Waals surface area contributed by atoms with Crippen LogP contribution in [0.4, 0.5) is 0 Å². The van der Waals surface area contributed by atoms with Gasteiger partial charge in [-0.25, -0.2) is 0 Å². The molecule has 0 rings (SSSR count). The molecule has 3 heteroatoms. The van der Waals surface area contributed by atoms with Crippen LogP contribution in [0.5, 0.6) is 0 Å². The van der Waals surface area contributed by atoms with Gasteiger partial charge in [-0.3, -0.25) is 0 Å². The lowest BCUT2D eigenvalue weighted by atomic mass is 10.0. The van der Waals surface area contributed by atoms with E-state index in [1.807, 2.05) is 7.05 Å². The molecular formula is C11H26N2O. The van der Waals surface area contributed by atoms with Gasteiger partial charge in [-0.1, -0.05) is 13.8 Å². The summed E-state index contributed by atoms with van der Waals surface area (Å²) in [6, 6.07) is 0.494. The van der Waals surface area contributed by atoms with Crippen LogP contribution in [-0.4, -0.2) is 41.8 Å². The molecule has 0 saturated heterocycles. The van der Waals surface area contributed by atoms with Crippen LogP contribution in [0.25, 0.3) is 0 Å². The molecule has 0 saturated carbocycles. The fraction of sp³-hybridized carbons (Fsp3) is 1.00. The summed E-state index contributed by atoms with van der Waals surface area (Å²) in [7, 11) is 2.04. The van der Waals surface area contributed by atoms with Crippen molar-refractivity contribution in [2.45, 2.75) is 45.8 Å². The largest absolute Gasteiger partial charge is 0.388 e. The van der Waals surface area contributed by atoms with Crippen molar-refractivity contribution in [2.75, 3.05) is 20.1 Å². The SMILES string of the molecule is CC(C)CC(C)N(C)CC(C)(O)CN. The van der Waals surface area contributed by atoms with Gasteiger partial charge in [-0.15, -0.1) is 0 Å². The Morgan fingerprint density at radius 1 is 1.36 bits per heavy atom. The van der Waals surface area contributed by atoms with Gasteiger partial charge in [0.05, 0.1) is 5.60 Å². The second-order valence-electron chi connectivity index (χ2n) is 5.09. The number of hydrogen-bond donors (Lipinski definition) is 2. The molecule has 0 spiro atoms. The summed E-state index contributed by atoms with van der Waals surface area (Å²) in [6.45, 7) is 9.35. The minimum Gasteiger partial charge on any atom is -0.388 e. The van der Waals surface area contributed by atoms with Gasteiger partial charge in [0, 0.05) is 19.1 Å². The first-order valence-corrected chi connectivity index (χ1v) is 5.41. The molecule has 0 aliphatic carbocycles. The quantitative estimate of drug-likeness (QED) is 0.677. The van der Waals surface area contributed by atoms with E-state index in [4.69, 9.17) is 5.73 Å². The summed E-state index contributed by atoms with van der Waals surface area (Å²) in [4.78, 5) is 2.17. The van der Waals surface area contributed by atoms with Crippen LogP contribution >= 0.6 is 0 Å². The van der Waals surface area contributed by atoms with E-state index in [2.05, 4.69) is 25.7 Å². The van der Waals surface area contributed by atoms with Gasteiger partial charge in [-0.2, -0.15) is 0 Å². The lowest BCUT2D eigenvalue weighted by Crippen LogP contribution is -2.47. The summed E-state index contributed by atoms with van der Waals surface area (Å²) in [5.74, 6) is 0.690. The first-order valence-electron chi connectivity index (χ1n) is 5.41. The highest BCUT2D eigenvalue weighted by molar-refractivity contribution is 4.79. The molecule has 3 nitrogen and oxygen atoms in total. The molecule has 0 amide bonds. The Balaban J connectivity index is 4.00. The molecule has 0 aromatic heterocycles. The molecule has 2 unspecified atom stereocenters. The third-order valence-corrected chi connectivity index (χ3v) is 2.59. The van der Waals surface area contributed by atoms with Crippen molar-refractivity contribution < 1.29 is 5.11 Å². The number of aliphatic hydroxyl groups is 1. The fourth-order valence-electron chi connectivity index (χ4n) is 1.62. The normalized spacial score (nSPS) is 18.6. The van der Waals surface area contributed by atoms with Crippen molar-refractivity contribution in [1.29, 1.82) is 0 Å². The van der Waals surface area contributed by atoms with E-state index in [1.165, 1.54) is 0 Å². The van der Waals surface area contributed by atoms with Crippen molar-refractivity contribution >= 4 is 0 Å². The zero-order valence-corrected chi connectivity index (χ0v) is 10.2. The number of likely N-dealkylation sites (N-methyl/N-ethyl adjacent to an activating group) is 1. The highest BCUT2D eigenvalue weighted by atomic mass is 16.3. The standard InChI is InChI=1S/C11H26N2O/c1-9(2)6-10(3)13(5)8-11(4,14)7-12/h9-10,14H,6-8,12H2,1-5H3. The Morgan fingerprint density at radius 3 is 2.21 bits per heavy atom. The summed E-state index contributed by atoms with van der Waals surface area (Å²) < 4.78 is 0. The van der Waals surface area contributed by atoms with Crippen molar-refractivity contribution in [3.05, 3.63) is 0 Å². The minimum absolute atomic E-state index is 0.311. The smallest absolute Gasteiger partial charge is 0.0867 e. The van der Waals surface area contributed by atoms with Gasteiger partial charge < -0.3 is 15.7 Å². The molecule has 2 atom stereocenters. The average Bonchev–Trinajstić information content (AvgIpc) is 2.02. The van der Waals surface area contributed by atoms with E-state index in [9.17, 15) is 5.11 Å². The van der Waals surface area contributed by atoms with E-state index < -0.39 is 5.60 Å². The molecule has 0 heterocycles. The van der Waals surface area contributed by atoms with Crippen molar-refractivity contribution in [3.63, 3.8) is 0 Å². The lowest BCUT2D eigenvalue weighted by molar-refractivity contribution is 0.0223. The maximum Gasteiger partial charge on any atom is 0.0867 e. The molecule has 0 radical (unpaired) electrons. The third-order valence-electron chi connectivity index (χ3n) is 2.59. The number of hydrogen-bond acceptors (Lipinski definition) is 3. The third kappa shape index (κ3) is 5.58. The van der Waals surface area contributed by atoms with Gasteiger partial charge in [0.1, 0.15) is 0 Å². The molecular weight excluding hydrogens is 176 g/mol. The summed E-state index contributed by atoms with van der Waals surface area (Å²) >= 11 is 0. The average molecular weight is 202 g/mol. The maximum absolute atomic E-state index is 9.81. The van der Waals surface area contributed by atoms with Gasteiger partial charge >= 0.3 is 0 Å². The number of rotatable bonds is 6. The number of nitrogens with two attached hydrogens (primary N) is 1. The molecule has 0 aliphatic rings. The van der Waals surface area contributed by atoms with E-state index >= 15 is 0 Å². The second-order valence-corrected chi connectivity index (χ2v) is 5.09. The Labute approximate surface area is 88.3 Å². The Morgan fingerprint density at radius 2 is 1.86 bits per heavy atom. The summed E-state index contributed by atoms with van der Waals surface area (Å²) in [6.07, 6.45) is 1.15. The molecule has 0 fully saturated rings. The zero-order valence-electron chi connectivity index (χ0n) is 10.2. The van der Waals surface area contributed by atoms with E-state index in [1.54, 1.807) is 6.92 Å². The van der Waals surface area contributed by atoms with Crippen LogP contribution in [0, 0.1) is 5.92 Å². The lowest BCUT2D eigenvalue weighted by Gasteiger charge is -2.32. The Bertz CT molecular complexity index is 157. The van der Waals surface area contributed by atoms with Gasteiger partial charge in [0.15, 0.2) is 0 Å². The predicted molar refractivity (Wildman–Crippen MR) is 61.2 cm³/mol. The highest BCUT2D eigenvalue weighted by Crippen LogP contribution is 2.12. The van der Waals surface area contributed by atoms with E-state index in [0.29, 0.717) is 25.0 Å². The van der Waals surface area contributed by atoms with Crippen molar-refractivity contribution in [3.8, 4) is 0 Å². The van der Waals surface area contributed by atoms with Crippen molar-refractivity contribution in [1.82, 2.24) is 4.90 Å². The van der Waals surface area contributed by atoms with Crippen LogP contribution < -0.4 is 5.73 Å². The summed E-state index contributed by atoms with van der Waals surface area (Å²) in [5.41, 5.74) is 4.72. The predicted octanol–water partition coefficient (Wildman–Crippen LogP) is 1.06. The minimum atomic E-state index is -0.764. The topological polar surface area (TPSA) is 49.5 Å². The molecule has 0 aliphatic heterocycles. The molecule has 0 aromatic carbocycles. The fourth-order valence-corrected chi connectivity index (χ4v) is 1.62. The molecule has 86 valence electrons. The molecule has 0 aromatic rings. The first kappa shape index (κ1) is 13.9. The monoisotopic (exact) mass is 202 g/mol. The Hall–Kier alpha value is -0.120. The van der Waals surface area contributed by atoms with Crippen LogP contribution in [0.2, 0.25) is 0 Å². The zero-order chi connectivity index (χ0) is 11.4. The van der Waals surface area contributed by atoms with Crippen LogP contribution in [0.15, 0.2) is 0 Å². The van der Waals surface area contributed by atoms with Gasteiger partial charge in [0.25, 0.3) is 0 Å². The van der Waals surface area contributed by atoms with E-state index in [0.717, 1.165) is 6.42 Å². The molecule has 0 bridgehead atoms. The Kier molecular flexibility index (Phi) is 5.64. The van der Waals surface area contributed by atoms with Crippen molar-refractivity contribution in [2.24, 2.45) is 11.7 Å².